The lowest BCUT2D eigenvalue weighted by Gasteiger charge is -2.31. The molecule has 4 nitrogen and oxygen atoms in total. The highest BCUT2D eigenvalue weighted by Crippen LogP contribution is 2.24. The Morgan fingerprint density at radius 2 is 1.70 bits per heavy atom. The van der Waals surface area contributed by atoms with E-state index in [1.807, 2.05) is 6.07 Å². The molecule has 1 saturated heterocycles. The summed E-state index contributed by atoms with van der Waals surface area (Å²) in [7, 11) is 0. The van der Waals surface area contributed by atoms with Crippen molar-refractivity contribution in [1.29, 1.82) is 0 Å². The van der Waals surface area contributed by atoms with Crippen molar-refractivity contribution in [3.05, 3.63) is 32.7 Å². The molecule has 1 aliphatic rings. The highest BCUT2D eigenvalue weighted by molar-refractivity contribution is 9.11. The summed E-state index contributed by atoms with van der Waals surface area (Å²) in [4.78, 5) is 24.9. The molecule has 6 heteroatoms. The van der Waals surface area contributed by atoms with Gasteiger partial charge >= 0.3 is 5.97 Å². The topological polar surface area (TPSA) is 57.6 Å². The fourth-order valence-corrected chi connectivity index (χ4v) is 3.74. The Hall–Kier alpha value is -0.880. The van der Waals surface area contributed by atoms with Crippen molar-refractivity contribution in [2.24, 2.45) is 5.92 Å². The maximum Gasteiger partial charge on any atom is 0.303 e. The zero-order chi connectivity index (χ0) is 14.7. The van der Waals surface area contributed by atoms with Crippen LogP contribution in [0.15, 0.2) is 27.1 Å². The molecule has 0 unspecified atom stereocenters. The maximum absolute atomic E-state index is 12.4. The van der Waals surface area contributed by atoms with Crippen LogP contribution < -0.4 is 0 Å². The van der Waals surface area contributed by atoms with E-state index < -0.39 is 5.97 Å². The molecule has 0 aromatic heterocycles. The van der Waals surface area contributed by atoms with Crippen molar-refractivity contribution in [3.8, 4) is 0 Å². The second-order valence-electron chi connectivity index (χ2n) is 4.99. The smallest absolute Gasteiger partial charge is 0.303 e. The summed E-state index contributed by atoms with van der Waals surface area (Å²) in [6, 6.07) is 5.49. The molecule has 108 valence electrons. The molecule has 0 radical (unpaired) electrons. The summed E-state index contributed by atoms with van der Waals surface area (Å²) >= 11 is 6.75. The van der Waals surface area contributed by atoms with Crippen molar-refractivity contribution in [1.82, 2.24) is 4.90 Å². The molecule has 20 heavy (non-hydrogen) atoms. The molecule has 0 spiro atoms. The Morgan fingerprint density at radius 1 is 1.15 bits per heavy atom. The van der Waals surface area contributed by atoms with Crippen LogP contribution in [0.5, 0.6) is 0 Å². The van der Waals surface area contributed by atoms with E-state index in [4.69, 9.17) is 5.11 Å². The molecule has 1 amide bonds. The first-order valence-electron chi connectivity index (χ1n) is 6.43. The minimum atomic E-state index is -0.759. The third kappa shape index (κ3) is 4.06. The van der Waals surface area contributed by atoms with Crippen molar-refractivity contribution >= 4 is 43.7 Å². The maximum atomic E-state index is 12.4. The highest BCUT2D eigenvalue weighted by atomic mass is 79.9. The lowest BCUT2D eigenvalue weighted by atomic mass is 9.93. The van der Waals surface area contributed by atoms with Gasteiger partial charge in [-0.15, -0.1) is 0 Å². The van der Waals surface area contributed by atoms with Gasteiger partial charge in [0.25, 0.3) is 5.91 Å². The van der Waals surface area contributed by atoms with Crippen LogP contribution in [0.1, 0.15) is 29.6 Å². The number of amides is 1. The normalized spacial score (nSPS) is 16.2. The molecule has 1 aromatic rings. The third-order valence-electron chi connectivity index (χ3n) is 3.47. The fraction of sp³-hybridized carbons (Fsp3) is 0.429. The minimum Gasteiger partial charge on any atom is -0.481 e. The number of benzene rings is 1. The van der Waals surface area contributed by atoms with Crippen LogP contribution in [0.4, 0.5) is 0 Å². The summed E-state index contributed by atoms with van der Waals surface area (Å²) in [5.74, 6) is -0.572. The number of aliphatic carboxylic acids is 1. The Bertz CT molecular complexity index is 505. The Kier molecular flexibility index (Phi) is 5.21. The molecule has 0 aliphatic carbocycles. The second-order valence-corrected chi connectivity index (χ2v) is 6.82. The molecule has 1 fully saturated rings. The van der Waals surface area contributed by atoms with Crippen LogP contribution in [0.3, 0.4) is 0 Å². The predicted molar refractivity (Wildman–Crippen MR) is 82.7 cm³/mol. The van der Waals surface area contributed by atoms with E-state index in [1.165, 1.54) is 0 Å². The Balaban J connectivity index is 1.99. The van der Waals surface area contributed by atoms with Gasteiger partial charge in [-0.3, -0.25) is 9.59 Å². The summed E-state index contributed by atoms with van der Waals surface area (Å²) < 4.78 is 1.71. The van der Waals surface area contributed by atoms with E-state index in [-0.39, 0.29) is 18.2 Å². The van der Waals surface area contributed by atoms with Crippen LogP contribution in [0.25, 0.3) is 0 Å². The van der Waals surface area contributed by atoms with E-state index in [9.17, 15) is 9.59 Å². The molecule has 1 aromatic carbocycles. The van der Waals surface area contributed by atoms with Crippen LogP contribution in [0, 0.1) is 5.92 Å². The number of carbonyl (C=O) groups is 2. The third-order valence-corrected chi connectivity index (χ3v) is 4.39. The Labute approximate surface area is 134 Å². The monoisotopic (exact) mass is 403 g/mol. The van der Waals surface area contributed by atoms with Crippen molar-refractivity contribution in [2.45, 2.75) is 19.3 Å². The van der Waals surface area contributed by atoms with Gasteiger partial charge in [0.1, 0.15) is 0 Å². The first kappa shape index (κ1) is 15.5. The minimum absolute atomic E-state index is 0.000718. The predicted octanol–water partition coefficient (Wildman–Crippen LogP) is 3.54. The van der Waals surface area contributed by atoms with Crippen molar-refractivity contribution < 1.29 is 14.7 Å². The number of hydrogen-bond donors (Lipinski definition) is 1. The molecule has 1 heterocycles. The number of halogens is 2. The van der Waals surface area contributed by atoms with Crippen LogP contribution in [0.2, 0.25) is 0 Å². The van der Waals surface area contributed by atoms with Gasteiger partial charge in [-0.2, -0.15) is 0 Å². The molecule has 2 rings (SSSR count). The zero-order valence-electron chi connectivity index (χ0n) is 10.8. The van der Waals surface area contributed by atoms with Gasteiger partial charge in [-0.1, -0.05) is 31.9 Å². The van der Waals surface area contributed by atoms with Gasteiger partial charge in [0.2, 0.25) is 0 Å². The molecular formula is C14H15Br2NO3. The number of carbonyl (C=O) groups excluding carboxylic acids is 1. The average Bonchev–Trinajstić information content (AvgIpc) is 2.37. The average molecular weight is 405 g/mol. The molecular weight excluding hydrogens is 390 g/mol. The van der Waals surface area contributed by atoms with Crippen LogP contribution >= 0.6 is 31.9 Å². The molecule has 0 saturated carbocycles. The van der Waals surface area contributed by atoms with Crippen molar-refractivity contribution in [3.63, 3.8) is 0 Å². The Morgan fingerprint density at radius 3 is 2.20 bits per heavy atom. The molecule has 0 atom stereocenters. The number of piperidine rings is 1. The lowest BCUT2D eigenvalue weighted by Crippen LogP contribution is -2.38. The quantitative estimate of drug-likeness (QED) is 0.838. The van der Waals surface area contributed by atoms with Crippen molar-refractivity contribution in [2.75, 3.05) is 13.1 Å². The van der Waals surface area contributed by atoms with Crippen LogP contribution in [-0.2, 0) is 4.79 Å². The van der Waals surface area contributed by atoms with E-state index in [0.717, 1.165) is 21.8 Å². The first-order valence-corrected chi connectivity index (χ1v) is 8.01. The largest absolute Gasteiger partial charge is 0.481 e. The van der Waals surface area contributed by atoms with Gasteiger partial charge in [-0.05, 0) is 37.0 Å². The molecule has 1 N–H and O–H groups in total. The van der Waals surface area contributed by atoms with Gasteiger partial charge < -0.3 is 10.0 Å². The number of carboxylic acids is 1. The molecule has 0 bridgehead atoms. The SMILES string of the molecule is O=C(O)CC1CCN(C(=O)c2cc(Br)cc(Br)c2)CC1. The number of likely N-dealkylation sites (tertiary alicyclic amines) is 1. The van der Waals surface area contributed by atoms with Gasteiger partial charge in [0, 0.05) is 34.0 Å². The lowest BCUT2D eigenvalue weighted by molar-refractivity contribution is -0.138. The highest BCUT2D eigenvalue weighted by Gasteiger charge is 2.25. The summed E-state index contributed by atoms with van der Waals surface area (Å²) in [6.07, 6.45) is 1.71. The molecule has 1 aliphatic heterocycles. The first-order chi connectivity index (χ1) is 9.45. The summed E-state index contributed by atoms with van der Waals surface area (Å²) in [6.45, 7) is 1.25. The second kappa shape index (κ2) is 6.72. The van der Waals surface area contributed by atoms with E-state index >= 15 is 0 Å². The van der Waals surface area contributed by atoms with E-state index in [1.54, 1.807) is 17.0 Å². The van der Waals surface area contributed by atoms with E-state index in [2.05, 4.69) is 31.9 Å². The van der Waals surface area contributed by atoms with Gasteiger partial charge in [0.15, 0.2) is 0 Å². The van der Waals surface area contributed by atoms with Gasteiger partial charge in [-0.25, -0.2) is 0 Å². The number of hydrogen-bond acceptors (Lipinski definition) is 2. The van der Waals surface area contributed by atoms with E-state index in [0.29, 0.717) is 18.7 Å². The fourth-order valence-electron chi connectivity index (χ4n) is 2.45. The zero-order valence-corrected chi connectivity index (χ0v) is 14.0. The number of rotatable bonds is 3. The standard InChI is InChI=1S/C14H15Br2NO3/c15-11-6-10(7-12(16)8-11)14(20)17-3-1-9(2-4-17)5-13(18)19/h6-9H,1-5H2,(H,18,19). The summed E-state index contributed by atoms with van der Waals surface area (Å²) in [5, 5.41) is 8.79. The number of nitrogens with zero attached hydrogens (tertiary/aromatic N) is 1. The van der Waals surface area contributed by atoms with Gasteiger partial charge in [0.05, 0.1) is 0 Å². The van der Waals surface area contributed by atoms with Crippen LogP contribution in [-0.4, -0.2) is 35.0 Å². The summed E-state index contributed by atoms with van der Waals surface area (Å²) in [5.41, 5.74) is 0.642. The number of carboxylic acid groups (broad SMARTS) is 1.